The molecule has 5 heteroatoms. The second-order valence-electron chi connectivity index (χ2n) is 3.92. The summed E-state index contributed by atoms with van der Waals surface area (Å²) in [5.41, 5.74) is 7.19. The van der Waals surface area contributed by atoms with Crippen LogP contribution >= 0.6 is 0 Å². The Hall–Kier alpha value is -1.62. The van der Waals surface area contributed by atoms with Crippen LogP contribution in [0.1, 0.15) is 17.4 Å². The van der Waals surface area contributed by atoms with Crippen molar-refractivity contribution in [2.24, 2.45) is 5.73 Å². The Kier molecular flexibility index (Phi) is 3.05. The molecule has 1 amide bonds. The lowest BCUT2D eigenvalue weighted by Crippen LogP contribution is -2.55. The van der Waals surface area contributed by atoms with Crippen molar-refractivity contribution in [1.82, 2.24) is 10.3 Å². The minimum Gasteiger partial charge on any atom is -0.368 e. The molecule has 1 aromatic rings. The summed E-state index contributed by atoms with van der Waals surface area (Å²) in [6.45, 7) is 4.19. The van der Waals surface area contributed by atoms with E-state index in [0.717, 1.165) is 18.8 Å². The summed E-state index contributed by atoms with van der Waals surface area (Å²) >= 11 is 0. The highest BCUT2D eigenvalue weighted by Crippen LogP contribution is 2.19. The van der Waals surface area contributed by atoms with Gasteiger partial charge in [0.25, 0.3) is 5.91 Å². The molecule has 0 atom stereocenters. The van der Waals surface area contributed by atoms with E-state index in [1.165, 1.54) is 0 Å². The minimum atomic E-state index is -0.130. The number of carbonyl (C=O) groups excluding carboxylic acids is 1. The third-order valence-corrected chi connectivity index (χ3v) is 2.59. The van der Waals surface area contributed by atoms with E-state index < -0.39 is 0 Å². The first-order chi connectivity index (χ1) is 7.70. The Morgan fingerprint density at radius 3 is 3.06 bits per heavy atom. The van der Waals surface area contributed by atoms with Gasteiger partial charge < -0.3 is 16.0 Å². The zero-order valence-electron chi connectivity index (χ0n) is 9.31. The number of aromatic nitrogens is 1. The monoisotopic (exact) mass is 220 g/mol. The van der Waals surface area contributed by atoms with Gasteiger partial charge in [-0.05, 0) is 19.1 Å². The number of pyridine rings is 1. The quantitative estimate of drug-likeness (QED) is 0.751. The Bertz CT molecular complexity index is 387. The summed E-state index contributed by atoms with van der Waals surface area (Å²) in [5.74, 6) is -0.130. The van der Waals surface area contributed by atoms with Crippen LogP contribution in [0, 0.1) is 0 Å². The molecule has 2 heterocycles. The Morgan fingerprint density at radius 1 is 1.69 bits per heavy atom. The van der Waals surface area contributed by atoms with Gasteiger partial charge in [-0.1, -0.05) is 0 Å². The maximum atomic E-state index is 11.6. The molecule has 0 aliphatic carbocycles. The molecule has 0 saturated carbocycles. The molecule has 1 aliphatic rings. The SMILES string of the molecule is CCNC(=O)c1cc(N2CC(N)C2)ccn1. The van der Waals surface area contributed by atoms with E-state index in [9.17, 15) is 4.79 Å². The van der Waals surface area contributed by atoms with Gasteiger partial charge in [0, 0.05) is 37.6 Å². The number of rotatable bonds is 3. The van der Waals surface area contributed by atoms with E-state index in [1.807, 2.05) is 13.0 Å². The Balaban J connectivity index is 2.10. The van der Waals surface area contributed by atoms with Crippen molar-refractivity contribution in [3.63, 3.8) is 0 Å². The second-order valence-corrected chi connectivity index (χ2v) is 3.92. The first-order valence-electron chi connectivity index (χ1n) is 5.45. The van der Waals surface area contributed by atoms with Crippen molar-refractivity contribution in [1.29, 1.82) is 0 Å². The van der Waals surface area contributed by atoms with Crippen molar-refractivity contribution in [3.05, 3.63) is 24.0 Å². The summed E-state index contributed by atoms with van der Waals surface area (Å²) in [6.07, 6.45) is 1.66. The van der Waals surface area contributed by atoms with Crippen LogP contribution in [0.4, 0.5) is 5.69 Å². The predicted octanol–water partition coefficient (Wildman–Crippen LogP) is -0.0214. The highest BCUT2D eigenvalue weighted by Gasteiger charge is 2.23. The number of hydrogen-bond donors (Lipinski definition) is 2. The molecule has 86 valence electrons. The molecule has 16 heavy (non-hydrogen) atoms. The largest absolute Gasteiger partial charge is 0.368 e. The summed E-state index contributed by atoms with van der Waals surface area (Å²) < 4.78 is 0. The lowest BCUT2D eigenvalue weighted by molar-refractivity contribution is 0.0951. The van der Waals surface area contributed by atoms with Gasteiger partial charge in [0.15, 0.2) is 0 Å². The molecule has 1 fully saturated rings. The van der Waals surface area contributed by atoms with Crippen LogP contribution in [0.5, 0.6) is 0 Å². The van der Waals surface area contributed by atoms with E-state index in [2.05, 4.69) is 15.2 Å². The normalized spacial score (nSPS) is 15.8. The van der Waals surface area contributed by atoms with Gasteiger partial charge in [0.2, 0.25) is 0 Å². The number of nitrogens with one attached hydrogen (secondary N) is 1. The van der Waals surface area contributed by atoms with Gasteiger partial charge in [-0.2, -0.15) is 0 Å². The maximum Gasteiger partial charge on any atom is 0.269 e. The Morgan fingerprint density at radius 2 is 2.44 bits per heavy atom. The van der Waals surface area contributed by atoms with Gasteiger partial charge in [0.1, 0.15) is 5.69 Å². The average molecular weight is 220 g/mol. The smallest absolute Gasteiger partial charge is 0.269 e. The zero-order chi connectivity index (χ0) is 11.5. The van der Waals surface area contributed by atoms with Crippen LogP contribution in [0.15, 0.2) is 18.3 Å². The summed E-state index contributed by atoms with van der Waals surface area (Å²) in [7, 11) is 0. The van der Waals surface area contributed by atoms with Crippen LogP contribution in [0.2, 0.25) is 0 Å². The van der Waals surface area contributed by atoms with Crippen molar-refractivity contribution in [3.8, 4) is 0 Å². The zero-order valence-corrected chi connectivity index (χ0v) is 9.31. The molecular weight excluding hydrogens is 204 g/mol. The lowest BCUT2D eigenvalue weighted by Gasteiger charge is -2.38. The summed E-state index contributed by atoms with van der Waals surface area (Å²) in [5, 5.41) is 2.73. The van der Waals surface area contributed by atoms with E-state index in [0.29, 0.717) is 12.2 Å². The number of anilines is 1. The fraction of sp³-hybridized carbons (Fsp3) is 0.455. The fourth-order valence-electron chi connectivity index (χ4n) is 1.71. The van der Waals surface area contributed by atoms with Crippen LogP contribution in [0.3, 0.4) is 0 Å². The first-order valence-corrected chi connectivity index (χ1v) is 5.45. The van der Waals surface area contributed by atoms with Gasteiger partial charge in [-0.3, -0.25) is 9.78 Å². The number of nitrogens with zero attached hydrogens (tertiary/aromatic N) is 2. The van der Waals surface area contributed by atoms with E-state index in [1.54, 1.807) is 12.3 Å². The lowest BCUT2D eigenvalue weighted by atomic mass is 10.1. The minimum absolute atomic E-state index is 0.130. The highest BCUT2D eigenvalue weighted by atomic mass is 16.1. The average Bonchev–Trinajstić information content (AvgIpc) is 2.25. The number of carbonyl (C=O) groups is 1. The third-order valence-electron chi connectivity index (χ3n) is 2.59. The fourth-order valence-corrected chi connectivity index (χ4v) is 1.71. The number of amides is 1. The molecule has 0 aromatic carbocycles. The van der Waals surface area contributed by atoms with Gasteiger partial charge in [-0.15, -0.1) is 0 Å². The van der Waals surface area contributed by atoms with E-state index >= 15 is 0 Å². The molecule has 1 aliphatic heterocycles. The third kappa shape index (κ3) is 2.14. The van der Waals surface area contributed by atoms with Crippen molar-refractivity contribution < 1.29 is 4.79 Å². The molecular formula is C11H16N4O. The standard InChI is InChI=1S/C11H16N4O/c1-2-13-11(16)10-5-9(3-4-14-10)15-6-8(12)7-15/h3-5,8H,2,6-7,12H2,1H3,(H,13,16). The summed E-state index contributed by atoms with van der Waals surface area (Å²) in [4.78, 5) is 17.8. The molecule has 1 saturated heterocycles. The molecule has 0 unspecified atom stereocenters. The van der Waals surface area contributed by atoms with Gasteiger partial charge in [-0.25, -0.2) is 0 Å². The van der Waals surface area contributed by atoms with E-state index in [-0.39, 0.29) is 11.9 Å². The van der Waals surface area contributed by atoms with Crippen molar-refractivity contribution in [2.75, 3.05) is 24.5 Å². The van der Waals surface area contributed by atoms with Gasteiger partial charge >= 0.3 is 0 Å². The maximum absolute atomic E-state index is 11.6. The second kappa shape index (κ2) is 4.49. The number of nitrogens with two attached hydrogens (primary N) is 1. The topological polar surface area (TPSA) is 71.2 Å². The molecule has 0 bridgehead atoms. The Labute approximate surface area is 94.6 Å². The molecule has 3 N–H and O–H groups in total. The summed E-state index contributed by atoms with van der Waals surface area (Å²) in [6, 6.07) is 3.95. The molecule has 0 radical (unpaired) electrons. The van der Waals surface area contributed by atoms with Crippen LogP contribution in [-0.2, 0) is 0 Å². The predicted molar refractivity (Wildman–Crippen MR) is 62.4 cm³/mol. The molecule has 1 aromatic heterocycles. The van der Waals surface area contributed by atoms with E-state index in [4.69, 9.17) is 5.73 Å². The van der Waals surface area contributed by atoms with Crippen molar-refractivity contribution >= 4 is 11.6 Å². The highest BCUT2D eigenvalue weighted by molar-refractivity contribution is 5.93. The van der Waals surface area contributed by atoms with Crippen LogP contribution in [-0.4, -0.2) is 36.6 Å². The van der Waals surface area contributed by atoms with Crippen LogP contribution in [0.25, 0.3) is 0 Å². The number of hydrogen-bond acceptors (Lipinski definition) is 4. The molecule has 5 nitrogen and oxygen atoms in total. The van der Waals surface area contributed by atoms with Crippen molar-refractivity contribution in [2.45, 2.75) is 13.0 Å². The molecule has 2 rings (SSSR count). The van der Waals surface area contributed by atoms with Crippen LogP contribution < -0.4 is 16.0 Å². The first kappa shape index (κ1) is 10.9. The van der Waals surface area contributed by atoms with Gasteiger partial charge in [0.05, 0.1) is 0 Å². The molecule has 0 spiro atoms.